The van der Waals surface area contributed by atoms with Gasteiger partial charge in [0.2, 0.25) is 5.91 Å². The van der Waals surface area contributed by atoms with Gasteiger partial charge in [0.05, 0.1) is 0 Å². The maximum atomic E-state index is 12.5. The molecule has 0 saturated carbocycles. The number of carbonyl (C=O) groups excluding carboxylic acids is 2. The summed E-state index contributed by atoms with van der Waals surface area (Å²) in [4.78, 5) is 24.7. The van der Waals surface area contributed by atoms with Crippen molar-refractivity contribution in [1.82, 2.24) is 10.6 Å². The predicted molar refractivity (Wildman–Crippen MR) is 137 cm³/mol. The van der Waals surface area contributed by atoms with Gasteiger partial charge in [-0.2, -0.15) is 0 Å². The molecule has 0 aliphatic carbocycles. The molecular formula is C26H26N6O2. The van der Waals surface area contributed by atoms with Gasteiger partial charge < -0.3 is 21.3 Å². The van der Waals surface area contributed by atoms with E-state index in [2.05, 4.69) is 21.3 Å². The van der Waals surface area contributed by atoms with E-state index in [0.29, 0.717) is 28.6 Å². The van der Waals surface area contributed by atoms with Gasteiger partial charge in [0.1, 0.15) is 11.7 Å². The number of rotatable bonds is 7. The van der Waals surface area contributed by atoms with Crippen LogP contribution in [-0.4, -0.2) is 37.6 Å². The molecule has 0 aromatic heterocycles. The van der Waals surface area contributed by atoms with Gasteiger partial charge in [-0.15, -0.1) is 0 Å². The first-order valence-corrected chi connectivity index (χ1v) is 10.5. The summed E-state index contributed by atoms with van der Waals surface area (Å²) in [6, 6.07) is 20.9. The number of amidine groups is 2. The van der Waals surface area contributed by atoms with Crippen LogP contribution in [0.3, 0.4) is 0 Å². The topological polar surface area (TPSA) is 130 Å². The number of anilines is 2. The van der Waals surface area contributed by atoms with Crippen molar-refractivity contribution in [3.8, 4) is 0 Å². The lowest BCUT2D eigenvalue weighted by Crippen LogP contribution is -2.18. The Morgan fingerprint density at radius 2 is 1.09 bits per heavy atom. The van der Waals surface area contributed by atoms with Gasteiger partial charge in [-0.25, -0.2) is 0 Å². The fourth-order valence-electron chi connectivity index (χ4n) is 3.03. The number of hydrogen-bond donors (Lipinski definition) is 6. The molecule has 0 bridgehead atoms. The lowest BCUT2D eigenvalue weighted by atomic mass is 10.1. The van der Waals surface area contributed by atoms with E-state index < -0.39 is 0 Å². The Morgan fingerprint density at radius 1 is 0.647 bits per heavy atom. The van der Waals surface area contributed by atoms with Gasteiger partial charge in [-0.05, 0) is 72.3 Å². The minimum atomic E-state index is -0.284. The number of amides is 2. The van der Waals surface area contributed by atoms with Gasteiger partial charge in [-0.1, -0.05) is 12.1 Å². The quantitative estimate of drug-likeness (QED) is 0.185. The fraction of sp³-hybridized carbons (Fsp3) is 0.0769. The molecule has 172 valence electrons. The molecule has 0 saturated heterocycles. The van der Waals surface area contributed by atoms with Crippen LogP contribution < -0.4 is 21.3 Å². The van der Waals surface area contributed by atoms with Gasteiger partial charge in [0.15, 0.2) is 0 Å². The van der Waals surface area contributed by atoms with Gasteiger partial charge in [0.25, 0.3) is 5.91 Å². The first kappa shape index (κ1) is 23.9. The van der Waals surface area contributed by atoms with E-state index in [1.54, 1.807) is 93.0 Å². The van der Waals surface area contributed by atoms with Crippen LogP contribution in [0.2, 0.25) is 0 Å². The Labute approximate surface area is 198 Å². The molecule has 0 aliphatic rings. The van der Waals surface area contributed by atoms with Gasteiger partial charge in [0, 0.05) is 48.2 Å². The van der Waals surface area contributed by atoms with Crippen molar-refractivity contribution in [2.75, 3.05) is 24.7 Å². The molecule has 2 amide bonds. The summed E-state index contributed by atoms with van der Waals surface area (Å²) in [7, 11) is 3.36. The van der Waals surface area contributed by atoms with Gasteiger partial charge in [-0.3, -0.25) is 20.4 Å². The molecule has 0 fully saturated rings. The average molecular weight is 455 g/mol. The van der Waals surface area contributed by atoms with Crippen LogP contribution in [0, 0.1) is 10.8 Å². The molecule has 3 aromatic rings. The smallest absolute Gasteiger partial charge is 0.255 e. The fourth-order valence-corrected chi connectivity index (χ4v) is 3.03. The second kappa shape index (κ2) is 11.2. The van der Waals surface area contributed by atoms with Crippen molar-refractivity contribution in [3.63, 3.8) is 0 Å². The number of carbonyl (C=O) groups is 2. The lowest BCUT2D eigenvalue weighted by molar-refractivity contribution is -0.111. The first-order valence-electron chi connectivity index (χ1n) is 10.5. The van der Waals surface area contributed by atoms with Crippen molar-refractivity contribution in [2.45, 2.75) is 0 Å². The number of nitrogens with one attached hydrogen (secondary N) is 6. The third-order valence-corrected chi connectivity index (χ3v) is 4.97. The van der Waals surface area contributed by atoms with E-state index in [4.69, 9.17) is 10.8 Å². The molecule has 6 N–H and O–H groups in total. The maximum absolute atomic E-state index is 12.5. The highest BCUT2D eigenvalue weighted by molar-refractivity contribution is 6.05. The van der Waals surface area contributed by atoms with Crippen LogP contribution in [0.1, 0.15) is 27.0 Å². The minimum Gasteiger partial charge on any atom is -0.373 e. The highest BCUT2D eigenvalue weighted by Gasteiger charge is 2.07. The third kappa shape index (κ3) is 6.39. The monoisotopic (exact) mass is 454 g/mol. The van der Waals surface area contributed by atoms with E-state index in [0.717, 1.165) is 16.7 Å². The Balaban J connectivity index is 1.55. The Kier molecular flexibility index (Phi) is 7.91. The molecule has 0 unspecified atom stereocenters. The van der Waals surface area contributed by atoms with E-state index in [1.807, 2.05) is 0 Å². The molecular weight excluding hydrogens is 428 g/mol. The van der Waals surface area contributed by atoms with Crippen molar-refractivity contribution < 1.29 is 9.59 Å². The van der Waals surface area contributed by atoms with Crippen LogP contribution in [0.4, 0.5) is 11.4 Å². The molecule has 8 heteroatoms. The summed E-state index contributed by atoms with van der Waals surface area (Å²) in [5.41, 5.74) is 3.98. The first-order chi connectivity index (χ1) is 16.4. The zero-order valence-corrected chi connectivity index (χ0v) is 18.9. The van der Waals surface area contributed by atoms with Crippen molar-refractivity contribution >= 4 is 40.9 Å². The summed E-state index contributed by atoms with van der Waals surface area (Å²) in [6.07, 6.45) is 3.08. The molecule has 0 radical (unpaired) electrons. The molecule has 0 aliphatic heterocycles. The SMILES string of the molecule is CNC(=N)c1ccc(NC(=O)/C=C/c2ccc(C(=O)Nc3ccc(C(=N)NC)cc3)cc2)cc1. The van der Waals surface area contributed by atoms with Crippen LogP contribution in [0.25, 0.3) is 6.08 Å². The maximum Gasteiger partial charge on any atom is 0.255 e. The number of benzene rings is 3. The summed E-state index contributed by atoms with van der Waals surface area (Å²) < 4.78 is 0. The highest BCUT2D eigenvalue weighted by atomic mass is 16.2. The zero-order valence-electron chi connectivity index (χ0n) is 18.9. The molecule has 0 atom stereocenters. The molecule has 3 aromatic carbocycles. The third-order valence-electron chi connectivity index (χ3n) is 4.97. The van der Waals surface area contributed by atoms with E-state index in [1.165, 1.54) is 6.08 Å². The standard InChI is InChI=1S/C26H26N6O2/c1-29-24(27)18-8-12-21(13-9-18)31-23(33)16-5-17-3-6-20(7-4-17)26(34)32-22-14-10-19(11-15-22)25(28)30-2/h3-16H,1-2H3,(H2,27,29)(H2,28,30)(H,31,33)(H,32,34)/b16-5+. The normalized spacial score (nSPS) is 10.4. The van der Waals surface area contributed by atoms with Crippen LogP contribution in [0.15, 0.2) is 78.9 Å². The summed E-state index contributed by atoms with van der Waals surface area (Å²) in [5, 5.41) is 26.6. The van der Waals surface area contributed by atoms with E-state index in [9.17, 15) is 9.59 Å². The van der Waals surface area contributed by atoms with Crippen molar-refractivity contribution in [2.24, 2.45) is 0 Å². The largest absolute Gasteiger partial charge is 0.373 e. The Morgan fingerprint density at radius 3 is 1.56 bits per heavy atom. The molecule has 0 heterocycles. The average Bonchev–Trinajstić information content (AvgIpc) is 2.87. The summed E-state index contributed by atoms with van der Waals surface area (Å²) in [6.45, 7) is 0. The van der Waals surface area contributed by atoms with Crippen LogP contribution in [0.5, 0.6) is 0 Å². The van der Waals surface area contributed by atoms with Crippen molar-refractivity contribution in [1.29, 1.82) is 10.8 Å². The highest BCUT2D eigenvalue weighted by Crippen LogP contribution is 2.13. The number of hydrogen-bond acceptors (Lipinski definition) is 4. The van der Waals surface area contributed by atoms with Gasteiger partial charge >= 0.3 is 0 Å². The van der Waals surface area contributed by atoms with Crippen molar-refractivity contribution in [3.05, 3.63) is 101 Å². The second-order valence-electron chi connectivity index (χ2n) is 7.30. The molecule has 3 rings (SSSR count). The Bertz CT molecular complexity index is 1210. The summed E-state index contributed by atoms with van der Waals surface area (Å²) >= 11 is 0. The predicted octanol–water partition coefficient (Wildman–Crippen LogP) is 3.68. The molecule has 34 heavy (non-hydrogen) atoms. The van der Waals surface area contributed by atoms with Crippen LogP contribution >= 0.6 is 0 Å². The molecule has 8 nitrogen and oxygen atoms in total. The minimum absolute atomic E-state index is 0.250. The lowest BCUT2D eigenvalue weighted by Gasteiger charge is -2.08. The van der Waals surface area contributed by atoms with Crippen LogP contribution in [-0.2, 0) is 4.79 Å². The second-order valence-corrected chi connectivity index (χ2v) is 7.30. The summed E-state index contributed by atoms with van der Waals surface area (Å²) in [5.74, 6) is 0.0744. The van der Waals surface area contributed by atoms with E-state index in [-0.39, 0.29) is 11.8 Å². The molecule has 0 spiro atoms. The van der Waals surface area contributed by atoms with E-state index >= 15 is 0 Å². The zero-order chi connectivity index (χ0) is 24.5. The Hall–Kier alpha value is -4.72.